The first-order chi connectivity index (χ1) is 20.2. The first-order valence-corrected chi connectivity index (χ1v) is 14.4. The summed E-state index contributed by atoms with van der Waals surface area (Å²) < 4.78 is 6.07. The van der Waals surface area contributed by atoms with E-state index in [9.17, 15) is 19.2 Å². The smallest absolute Gasteiger partial charge is 0.408 e. The summed E-state index contributed by atoms with van der Waals surface area (Å²) in [5.74, 6) is -1.03. The minimum absolute atomic E-state index is 0.132. The van der Waals surface area contributed by atoms with E-state index in [0.29, 0.717) is 24.3 Å². The van der Waals surface area contributed by atoms with Gasteiger partial charge in [0.1, 0.15) is 18.4 Å². The molecule has 3 aromatic carbocycles. The zero-order chi connectivity index (χ0) is 30.1. The van der Waals surface area contributed by atoms with E-state index in [1.165, 1.54) is 0 Å². The maximum absolute atomic E-state index is 13.5. The minimum atomic E-state index is -1.04. The van der Waals surface area contributed by atoms with Crippen LogP contribution in [0.5, 0.6) is 0 Å². The summed E-state index contributed by atoms with van der Waals surface area (Å²) in [5.41, 5.74) is 1.78. The highest BCUT2D eigenvalue weighted by Gasteiger charge is 2.37. The van der Waals surface area contributed by atoms with Gasteiger partial charge in [-0.15, -0.1) is 0 Å². The van der Waals surface area contributed by atoms with Gasteiger partial charge in [0.15, 0.2) is 0 Å². The number of halogens is 1. The Morgan fingerprint density at radius 3 is 2.33 bits per heavy atom. The van der Waals surface area contributed by atoms with Crippen molar-refractivity contribution in [2.45, 2.75) is 56.7 Å². The van der Waals surface area contributed by atoms with Crippen molar-refractivity contribution in [1.82, 2.24) is 16.0 Å². The molecule has 0 aromatic heterocycles. The number of hydrogen-bond acceptors (Lipinski definition) is 5. The van der Waals surface area contributed by atoms with Crippen molar-refractivity contribution < 1.29 is 23.9 Å². The number of benzene rings is 3. The number of carbonyl (C=O) groups excluding carboxylic acids is 4. The molecule has 4 atom stereocenters. The topological polar surface area (TPSA) is 114 Å². The highest BCUT2D eigenvalue weighted by molar-refractivity contribution is 6.30. The standard InChI is InChI=1S/C33H36ClN3O5/c1-33(2,25-14-9-15-26(34)20-25)29(23-12-7-4-8-13-23)42-32(41)37-28(18-22-10-5-3-6-11-22)31(40)36-27(21-38)19-24-16-17-35-30(24)39/h3-15,20-21,24,27-29H,16-19H2,1-2H3,(H,35,39)(H,36,40)(H,37,41). The second kappa shape index (κ2) is 14.1. The van der Waals surface area contributed by atoms with Gasteiger partial charge in [-0.25, -0.2) is 4.79 Å². The van der Waals surface area contributed by atoms with Crippen LogP contribution in [0.2, 0.25) is 5.02 Å². The van der Waals surface area contributed by atoms with Gasteiger partial charge in [0.2, 0.25) is 11.8 Å². The fourth-order valence-corrected chi connectivity index (χ4v) is 5.44. The molecule has 1 saturated heterocycles. The summed E-state index contributed by atoms with van der Waals surface area (Å²) in [4.78, 5) is 50.8. The van der Waals surface area contributed by atoms with Crippen molar-refractivity contribution in [3.63, 3.8) is 0 Å². The fraction of sp³-hybridized carbons (Fsp3) is 0.333. The molecule has 4 rings (SSSR count). The molecule has 3 amide bonds. The van der Waals surface area contributed by atoms with Crippen molar-refractivity contribution in [2.75, 3.05) is 6.54 Å². The molecule has 42 heavy (non-hydrogen) atoms. The molecule has 0 bridgehead atoms. The molecule has 9 heteroatoms. The lowest BCUT2D eigenvalue weighted by molar-refractivity contribution is -0.127. The molecular weight excluding hydrogens is 554 g/mol. The predicted molar refractivity (Wildman–Crippen MR) is 161 cm³/mol. The van der Waals surface area contributed by atoms with E-state index >= 15 is 0 Å². The second-order valence-corrected chi connectivity index (χ2v) is 11.5. The summed E-state index contributed by atoms with van der Waals surface area (Å²) in [7, 11) is 0. The summed E-state index contributed by atoms with van der Waals surface area (Å²) in [6, 6.07) is 24.1. The predicted octanol–water partition coefficient (Wildman–Crippen LogP) is 4.91. The first kappa shape index (κ1) is 30.8. The quantitative estimate of drug-likeness (QED) is 0.260. The molecule has 3 N–H and O–H groups in total. The van der Waals surface area contributed by atoms with E-state index in [2.05, 4.69) is 16.0 Å². The van der Waals surface area contributed by atoms with Crippen LogP contribution < -0.4 is 16.0 Å². The lowest BCUT2D eigenvalue weighted by atomic mass is 9.76. The molecule has 1 aliphatic heterocycles. The number of alkyl carbamates (subject to hydrolysis) is 1. The van der Waals surface area contributed by atoms with E-state index in [-0.39, 0.29) is 24.7 Å². The number of carbonyl (C=O) groups is 4. The summed E-state index contributed by atoms with van der Waals surface area (Å²) >= 11 is 6.29. The average molecular weight is 590 g/mol. The van der Waals surface area contributed by atoms with Crippen molar-refractivity contribution >= 4 is 35.8 Å². The molecule has 3 aromatic rings. The Labute approximate surface area is 251 Å². The number of rotatable bonds is 12. The maximum Gasteiger partial charge on any atom is 0.408 e. The normalized spacial score (nSPS) is 16.9. The molecule has 0 spiro atoms. The number of nitrogens with one attached hydrogen (secondary N) is 3. The molecule has 0 radical (unpaired) electrons. The Morgan fingerprint density at radius 2 is 1.71 bits per heavy atom. The van der Waals surface area contributed by atoms with E-state index in [4.69, 9.17) is 16.3 Å². The monoisotopic (exact) mass is 589 g/mol. The SMILES string of the molecule is CC(C)(c1cccc(Cl)c1)C(OC(=O)NC(Cc1ccccc1)C(=O)NC(C=O)CC1CCNC1=O)c1ccccc1. The van der Waals surface area contributed by atoms with Gasteiger partial charge in [-0.2, -0.15) is 0 Å². The summed E-state index contributed by atoms with van der Waals surface area (Å²) in [6.45, 7) is 4.47. The van der Waals surface area contributed by atoms with Gasteiger partial charge in [0.05, 0.1) is 6.04 Å². The molecule has 8 nitrogen and oxygen atoms in total. The first-order valence-electron chi connectivity index (χ1n) is 14.0. The van der Waals surface area contributed by atoms with Crippen LogP contribution >= 0.6 is 11.6 Å². The van der Waals surface area contributed by atoms with Crippen LogP contribution in [0.4, 0.5) is 4.79 Å². The molecular formula is C33H36ClN3O5. The van der Waals surface area contributed by atoms with Gasteiger partial charge >= 0.3 is 6.09 Å². The summed E-state index contributed by atoms with van der Waals surface area (Å²) in [5, 5.41) is 8.76. The van der Waals surface area contributed by atoms with E-state index in [1.807, 2.05) is 92.7 Å². The van der Waals surface area contributed by atoms with Crippen LogP contribution in [0.15, 0.2) is 84.9 Å². The zero-order valence-electron chi connectivity index (χ0n) is 23.7. The number of aldehydes is 1. The van der Waals surface area contributed by atoms with E-state index < -0.39 is 35.6 Å². The molecule has 1 aliphatic rings. The van der Waals surface area contributed by atoms with Crippen LogP contribution in [0.1, 0.15) is 49.5 Å². The van der Waals surface area contributed by atoms with Crippen LogP contribution in [0, 0.1) is 5.92 Å². The average Bonchev–Trinajstić information content (AvgIpc) is 3.39. The van der Waals surface area contributed by atoms with E-state index in [1.54, 1.807) is 6.07 Å². The van der Waals surface area contributed by atoms with Gasteiger partial charge in [0.25, 0.3) is 0 Å². The lowest BCUT2D eigenvalue weighted by Gasteiger charge is -2.35. The van der Waals surface area contributed by atoms with Gasteiger partial charge < -0.3 is 25.5 Å². The van der Waals surface area contributed by atoms with Crippen molar-refractivity contribution in [3.05, 3.63) is 107 Å². The van der Waals surface area contributed by atoms with Gasteiger partial charge in [0, 0.05) is 29.3 Å². The van der Waals surface area contributed by atoms with Gasteiger partial charge in [-0.3, -0.25) is 9.59 Å². The molecule has 1 fully saturated rings. The zero-order valence-corrected chi connectivity index (χ0v) is 24.5. The highest BCUT2D eigenvalue weighted by Crippen LogP contribution is 2.40. The Hall–Kier alpha value is -4.17. The van der Waals surface area contributed by atoms with Crippen molar-refractivity contribution in [1.29, 1.82) is 0 Å². The number of amides is 3. The molecule has 220 valence electrons. The van der Waals surface area contributed by atoms with Crippen molar-refractivity contribution in [2.24, 2.45) is 5.92 Å². The molecule has 4 unspecified atom stereocenters. The Morgan fingerprint density at radius 1 is 1.02 bits per heavy atom. The second-order valence-electron chi connectivity index (χ2n) is 11.1. The third-order valence-corrected chi connectivity index (χ3v) is 7.87. The third kappa shape index (κ3) is 7.97. The fourth-order valence-electron chi connectivity index (χ4n) is 5.25. The van der Waals surface area contributed by atoms with Crippen LogP contribution in [-0.4, -0.2) is 42.8 Å². The Balaban J connectivity index is 1.55. The van der Waals surface area contributed by atoms with E-state index in [0.717, 1.165) is 16.7 Å². The van der Waals surface area contributed by atoms with Gasteiger partial charge in [-0.05, 0) is 41.7 Å². The molecule has 1 heterocycles. The Kier molecular flexibility index (Phi) is 10.4. The Bertz CT molecular complexity index is 1380. The third-order valence-electron chi connectivity index (χ3n) is 7.64. The maximum atomic E-state index is 13.5. The van der Waals surface area contributed by atoms with Crippen LogP contribution in [0.3, 0.4) is 0 Å². The highest BCUT2D eigenvalue weighted by atomic mass is 35.5. The molecule has 0 aliphatic carbocycles. The van der Waals surface area contributed by atoms with Crippen LogP contribution in [0.25, 0.3) is 0 Å². The summed E-state index contributed by atoms with van der Waals surface area (Å²) in [6.07, 6.45) is 0.0770. The molecule has 0 saturated carbocycles. The van der Waals surface area contributed by atoms with Crippen molar-refractivity contribution in [3.8, 4) is 0 Å². The number of ether oxygens (including phenoxy) is 1. The minimum Gasteiger partial charge on any atom is -0.440 e. The van der Waals surface area contributed by atoms with Gasteiger partial charge in [-0.1, -0.05) is 98.2 Å². The number of hydrogen-bond donors (Lipinski definition) is 3. The largest absolute Gasteiger partial charge is 0.440 e. The lowest BCUT2D eigenvalue weighted by Crippen LogP contribution is -2.52. The van der Waals surface area contributed by atoms with Crippen LogP contribution in [-0.2, 0) is 31.0 Å².